The molecule has 1 fully saturated rings. The maximum absolute atomic E-state index is 13.1. The van der Waals surface area contributed by atoms with Gasteiger partial charge in [-0.05, 0) is 73.6 Å². The van der Waals surface area contributed by atoms with Crippen molar-refractivity contribution in [1.29, 1.82) is 0 Å². The predicted octanol–water partition coefficient (Wildman–Crippen LogP) is 4.13. The minimum Gasteiger partial charge on any atom is -0.376 e. The van der Waals surface area contributed by atoms with Crippen LogP contribution >= 0.6 is 0 Å². The summed E-state index contributed by atoms with van der Waals surface area (Å²) in [5.41, 5.74) is -2.20. The van der Waals surface area contributed by atoms with Crippen molar-refractivity contribution in [3.8, 4) is 0 Å². The molecule has 9 heteroatoms. The van der Waals surface area contributed by atoms with Gasteiger partial charge in [-0.3, -0.25) is 4.79 Å². The molecule has 0 aromatic heterocycles. The van der Waals surface area contributed by atoms with Crippen LogP contribution in [0.1, 0.15) is 36.5 Å². The molecule has 31 heavy (non-hydrogen) atoms. The number of rotatable bonds is 7. The maximum Gasteiger partial charge on any atom is 0.421 e. The van der Waals surface area contributed by atoms with E-state index in [1.54, 1.807) is 12.1 Å². The first kappa shape index (κ1) is 23.3. The number of hydrogen-bond acceptors (Lipinski definition) is 4. The summed E-state index contributed by atoms with van der Waals surface area (Å²) in [5, 5.41) is 12.5. The second kappa shape index (κ2) is 8.27. The molecular formula is C22H24F3NO4S. The van der Waals surface area contributed by atoms with Gasteiger partial charge in [0.1, 0.15) is 0 Å². The van der Waals surface area contributed by atoms with E-state index < -0.39 is 27.5 Å². The van der Waals surface area contributed by atoms with Crippen molar-refractivity contribution < 1.29 is 31.5 Å². The van der Waals surface area contributed by atoms with E-state index in [1.165, 1.54) is 31.2 Å². The van der Waals surface area contributed by atoms with E-state index in [0.29, 0.717) is 18.2 Å². The van der Waals surface area contributed by atoms with Crippen molar-refractivity contribution in [2.75, 3.05) is 11.1 Å². The number of amides is 1. The number of alkyl halides is 3. The van der Waals surface area contributed by atoms with Gasteiger partial charge in [-0.2, -0.15) is 13.2 Å². The Labute approximate surface area is 179 Å². The van der Waals surface area contributed by atoms with E-state index in [9.17, 15) is 31.5 Å². The van der Waals surface area contributed by atoms with E-state index in [2.05, 4.69) is 5.32 Å². The first-order valence-electron chi connectivity index (χ1n) is 9.81. The van der Waals surface area contributed by atoms with Crippen LogP contribution in [0.15, 0.2) is 47.4 Å². The lowest BCUT2D eigenvalue weighted by molar-refractivity contribution is -0.259. The fraction of sp³-hybridized carbons (Fsp3) is 0.409. The van der Waals surface area contributed by atoms with Crippen molar-refractivity contribution in [3.63, 3.8) is 0 Å². The number of aliphatic hydroxyl groups is 1. The molecule has 2 aromatic carbocycles. The van der Waals surface area contributed by atoms with Gasteiger partial charge in [0, 0.05) is 5.69 Å². The molecule has 2 N–H and O–H groups in total. The quantitative estimate of drug-likeness (QED) is 0.658. The molecule has 0 heterocycles. The summed E-state index contributed by atoms with van der Waals surface area (Å²) >= 11 is 0. The third-order valence-electron chi connectivity index (χ3n) is 5.39. The van der Waals surface area contributed by atoms with Crippen molar-refractivity contribution in [3.05, 3.63) is 59.2 Å². The van der Waals surface area contributed by atoms with Crippen LogP contribution in [0.4, 0.5) is 18.9 Å². The molecule has 0 bridgehead atoms. The average molecular weight is 455 g/mol. The first-order chi connectivity index (χ1) is 14.3. The molecular weight excluding hydrogens is 431 g/mol. The van der Waals surface area contributed by atoms with Crippen molar-refractivity contribution in [2.24, 2.45) is 5.92 Å². The zero-order chi connectivity index (χ0) is 23.0. The van der Waals surface area contributed by atoms with Crippen LogP contribution in [0.3, 0.4) is 0 Å². The summed E-state index contributed by atoms with van der Waals surface area (Å²) in [4.78, 5) is 12.5. The van der Waals surface area contributed by atoms with Crippen LogP contribution in [-0.4, -0.2) is 31.4 Å². The number of anilines is 1. The third kappa shape index (κ3) is 5.46. The molecule has 3 rings (SSSR count). The molecule has 1 aliphatic carbocycles. The molecule has 1 amide bonds. The lowest BCUT2D eigenvalue weighted by atomic mass is 9.91. The number of aryl methyl sites for hydroxylation is 1. The van der Waals surface area contributed by atoms with E-state index in [4.69, 9.17) is 0 Å². The molecule has 0 aliphatic heterocycles. The van der Waals surface area contributed by atoms with E-state index in [1.807, 2.05) is 0 Å². The predicted molar refractivity (Wildman–Crippen MR) is 110 cm³/mol. The Kier molecular flexibility index (Phi) is 6.21. The van der Waals surface area contributed by atoms with Crippen LogP contribution < -0.4 is 5.32 Å². The minimum absolute atomic E-state index is 0.0238. The van der Waals surface area contributed by atoms with Gasteiger partial charge < -0.3 is 10.4 Å². The summed E-state index contributed by atoms with van der Waals surface area (Å²) < 4.78 is 63.7. The number of carbonyl (C=O) groups excluding carboxylic acids is 1. The van der Waals surface area contributed by atoms with Crippen molar-refractivity contribution in [2.45, 2.75) is 49.8 Å². The molecule has 1 atom stereocenters. The van der Waals surface area contributed by atoms with E-state index in [-0.39, 0.29) is 34.1 Å². The molecule has 1 aliphatic rings. The first-order valence-corrected chi connectivity index (χ1v) is 11.5. The largest absolute Gasteiger partial charge is 0.421 e. The van der Waals surface area contributed by atoms with Gasteiger partial charge in [0.2, 0.25) is 5.91 Å². The number of halogens is 3. The van der Waals surface area contributed by atoms with Crippen molar-refractivity contribution in [1.82, 2.24) is 0 Å². The Bertz CT molecular complexity index is 1070. The lowest BCUT2D eigenvalue weighted by Gasteiger charge is -2.28. The molecule has 1 unspecified atom stereocenters. The van der Waals surface area contributed by atoms with E-state index in [0.717, 1.165) is 18.9 Å². The monoisotopic (exact) mass is 455 g/mol. The highest BCUT2D eigenvalue weighted by atomic mass is 32.2. The third-order valence-corrected chi connectivity index (χ3v) is 7.29. The van der Waals surface area contributed by atoms with Crippen LogP contribution in [-0.2, 0) is 26.7 Å². The SMILES string of the molecule is Cc1cc(NC(=O)Cc2ccc(S(=O)(=O)CC3CC3)cc2)ccc1C(C)(O)C(F)(F)F. The van der Waals surface area contributed by atoms with Crippen LogP contribution in [0.25, 0.3) is 0 Å². The zero-order valence-corrected chi connectivity index (χ0v) is 18.0. The molecule has 1 saturated carbocycles. The molecule has 2 aromatic rings. The second-order valence-corrected chi connectivity index (χ2v) is 10.2. The summed E-state index contributed by atoms with van der Waals surface area (Å²) in [7, 11) is -3.32. The number of nitrogens with one attached hydrogen (secondary N) is 1. The maximum atomic E-state index is 13.1. The normalized spacial score (nSPS) is 16.6. The molecule has 5 nitrogen and oxygen atoms in total. The van der Waals surface area contributed by atoms with Gasteiger partial charge in [0.15, 0.2) is 15.4 Å². The van der Waals surface area contributed by atoms with Gasteiger partial charge in [-0.1, -0.05) is 18.2 Å². The Hall–Kier alpha value is -2.39. The van der Waals surface area contributed by atoms with Gasteiger partial charge in [-0.25, -0.2) is 8.42 Å². The standard InChI is InChI=1S/C22H24F3NO4S/c1-14-11-17(7-10-19(14)21(2,28)22(23,24)25)26-20(27)12-15-5-8-18(9-6-15)31(29,30)13-16-3-4-16/h5-11,16,28H,3-4,12-13H2,1-2H3,(H,26,27). The summed E-state index contributed by atoms with van der Waals surface area (Å²) in [6, 6.07) is 9.92. The van der Waals surface area contributed by atoms with Gasteiger partial charge in [-0.15, -0.1) is 0 Å². The zero-order valence-electron chi connectivity index (χ0n) is 17.2. The lowest BCUT2D eigenvalue weighted by Crippen LogP contribution is -2.39. The number of hydrogen-bond donors (Lipinski definition) is 2. The Balaban J connectivity index is 1.65. The summed E-state index contributed by atoms with van der Waals surface area (Å²) in [6.07, 6.45) is -2.98. The minimum atomic E-state index is -4.83. The second-order valence-electron chi connectivity index (χ2n) is 8.19. The summed E-state index contributed by atoms with van der Waals surface area (Å²) in [5.74, 6) is -0.0166. The Morgan fingerprint density at radius 1 is 1.13 bits per heavy atom. The van der Waals surface area contributed by atoms with Gasteiger partial charge in [0.05, 0.1) is 17.1 Å². The fourth-order valence-corrected chi connectivity index (χ4v) is 5.03. The van der Waals surface area contributed by atoms with E-state index >= 15 is 0 Å². The van der Waals surface area contributed by atoms with Gasteiger partial charge >= 0.3 is 6.18 Å². The highest BCUT2D eigenvalue weighted by molar-refractivity contribution is 7.91. The smallest absolute Gasteiger partial charge is 0.376 e. The number of benzene rings is 2. The fourth-order valence-electron chi connectivity index (χ4n) is 3.34. The Morgan fingerprint density at radius 3 is 2.26 bits per heavy atom. The van der Waals surface area contributed by atoms with Crippen LogP contribution in [0.5, 0.6) is 0 Å². The van der Waals surface area contributed by atoms with Crippen LogP contribution in [0.2, 0.25) is 0 Å². The Morgan fingerprint density at radius 2 is 1.74 bits per heavy atom. The van der Waals surface area contributed by atoms with Gasteiger partial charge in [0.25, 0.3) is 0 Å². The number of sulfone groups is 1. The highest BCUT2D eigenvalue weighted by Gasteiger charge is 2.51. The topological polar surface area (TPSA) is 83.5 Å². The average Bonchev–Trinajstić information content (AvgIpc) is 3.44. The van der Waals surface area contributed by atoms with Crippen LogP contribution in [0, 0.1) is 12.8 Å². The van der Waals surface area contributed by atoms with Crippen molar-refractivity contribution >= 4 is 21.4 Å². The number of carbonyl (C=O) groups is 1. The highest BCUT2D eigenvalue weighted by Crippen LogP contribution is 2.40. The molecule has 0 spiro atoms. The summed E-state index contributed by atoms with van der Waals surface area (Å²) in [6.45, 7) is 2.11. The molecule has 0 saturated heterocycles. The molecule has 168 valence electrons. The molecule has 0 radical (unpaired) electrons.